The zero-order valence-corrected chi connectivity index (χ0v) is 9.02. The van der Waals surface area contributed by atoms with Gasteiger partial charge < -0.3 is 0 Å². The molecule has 0 spiro atoms. The summed E-state index contributed by atoms with van der Waals surface area (Å²) in [6, 6.07) is 0. The Balaban J connectivity index is 2.73. The molecule has 1 amide bonds. The van der Waals surface area contributed by atoms with Gasteiger partial charge in [0.2, 0.25) is 5.91 Å². The molecule has 0 aromatic carbocycles. The predicted octanol–water partition coefficient (Wildman–Crippen LogP) is 2.08. The topological polar surface area (TPSA) is 33.2 Å². The highest BCUT2D eigenvalue weighted by Gasteiger charge is 2.09. The molecular weight excluding hydrogens is 184 g/mol. The van der Waals surface area contributed by atoms with E-state index >= 15 is 0 Å². The van der Waals surface area contributed by atoms with Crippen molar-refractivity contribution in [3.8, 4) is 0 Å². The zero-order valence-electron chi connectivity index (χ0n) is 8.20. The van der Waals surface area contributed by atoms with E-state index in [0.717, 1.165) is 23.7 Å². The number of hydrogen-bond donors (Lipinski definition) is 0. The van der Waals surface area contributed by atoms with Gasteiger partial charge in [0.25, 0.3) is 0 Å². The lowest BCUT2D eigenvalue weighted by Crippen LogP contribution is -2.22. The molecule has 72 valence electrons. The largest absolute Gasteiger partial charge is 0.292 e. The second-order valence-electron chi connectivity index (χ2n) is 2.95. The van der Waals surface area contributed by atoms with Crippen LogP contribution >= 0.6 is 11.3 Å². The number of anilines is 1. The van der Waals surface area contributed by atoms with Crippen LogP contribution in [0, 0.1) is 0 Å². The Kier molecular flexibility index (Phi) is 3.42. The Morgan fingerprint density at radius 2 is 2.38 bits per heavy atom. The van der Waals surface area contributed by atoms with Crippen molar-refractivity contribution in [2.45, 2.75) is 26.7 Å². The highest BCUT2D eigenvalue weighted by molar-refractivity contribution is 7.14. The minimum atomic E-state index is 0.0254. The van der Waals surface area contributed by atoms with Crippen molar-refractivity contribution in [3.63, 3.8) is 0 Å². The summed E-state index contributed by atoms with van der Waals surface area (Å²) in [7, 11) is 1.75. The first kappa shape index (κ1) is 10.2. The lowest BCUT2D eigenvalue weighted by Gasteiger charge is -2.09. The maximum Gasteiger partial charge on any atom is 0.225 e. The monoisotopic (exact) mass is 198 g/mol. The molecule has 13 heavy (non-hydrogen) atoms. The number of hydrogen-bond acceptors (Lipinski definition) is 3. The Morgan fingerprint density at radius 3 is 2.92 bits per heavy atom. The standard InChI is InChI=1S/C9H14N2OS/c1-4-5-8-6-13-9(10-8)11(3)7(2)12/h6H,4-5H2,1-3H3. The SMILES string of the molecule is CCCc1csc(N(C)C(C)=O)n1. The summed E-state index contributed by atoms with van der Waals surface area (Å²) in [6.45, 7) is 3.66. The number of thiazole rings is 1. The Labute approximate surface area is 82.4 Å². The van der Waals surface area contributed by atoms with Crippen molar-refractivity contribution in [2.75, 3.05) is 11.9 Å². The summed E-state index contributed by atoms with van der Waals surface area (Å²) in [5, 5.41) is 2.80. The summed E-state index contributed by atoms with van der Waals surface area (Å²) >= 11 is 1.52. The second-order valence-corrected chi connectivity index (χ2v) is 3.79. The van der Waals surface area contributed by atoms with Crippen LogP contribution in [0.4, 0.5) is 5.13 Å². The molecule has 0 saturated carbocycles. The van der Waals surface area contributed by atoms with Gasteiger partial charge in [-0.25, -0.2) is 4.98 Å². The van der Waals surface area contributed by atoms with E-state index in [4.69, 9.17) is 0 Å². The molecule has 0 bridgehead atoms. The molecule has 0 fully saturated rings. The first-order valence-corrected chi connectivity index (χ1v) is 5.21. The van der Waals surface area contributed by atoms with Gasteiger partial charge in [-0.05, 0) is 6.42 Å². The van der Waals surface area contributed by atoms with Gasteiger partial charge in [-0.2, -0.15) is 0 Å². The third kappa shape index (κ3) is 2.52. The highest BCUT2D eigenvalue weighted by atomic mass is 32.1. The van der Waals surface area contributed by atoms with E-state index in [0.29, 0.717) is 0 Å². The molecule has 1 aromatic heterocycles. The summed E-state index contributed by atoms with van der Waals surface area (Å²) in [5.41, 5.74) is 1.08. The number of nitrogens with zero attached hydrogens (tertiary/aromatic N) is 2. The molecule has 0 unspecified atom stereocenters. The van der Waals surface area contributed by atoms with E-state index in [-0.39, 0.29) is 5.91 Å². The molecule has 1 aromatic rings. The number of carbonyl (C=O) groups excluding carboxylic acids is 1. The molecule has 0 aliphatic rings. The number of carbonyl (C=O) groups is 1. The normalized spacial score (nSPS) is 10.1. The zero-order chi connectivity index (χ0) is 9.84. The first-order chi connectivity index (χ1) is 6.15. The average Bonchev–Trinajstić information content (AvgIpc) is 2.52. The van der Waals surface area contributed by atoms with E-state index < -0.39 is 0 Å². The van der Waals surface area contributed by atoms with Gasteiger partial charge >= 0.3 is 0 Å². The quantitative estimate of drug-likeness (QED) is 0.745. The Morgan fingerprint density at radius 1 is 1.69 bits per heavy atom. The van der Waals surface area contributed by atoms with Crippen LogP contribution in [0.25, 0.3) is 0 Å². The molecule has 0 N–H and O–H groups in total. The van der Waals surface area contributed by atoms with Gasteiger partial charge in [-0.1, -0.05) is 13.3 Å². The van der Waals surface area contributed by atoms with E-state index in [1.54, 1.807) is 18.9 Å². The van der Waals surface area contributed by atoms with Crippen LogP contribution in [0.3, 0.4) is 0 Å². The fourth-order valence-corrected chi connectivity index (χ4v) is 1.82. The van der Waals surface area contributed by atoms with Gasteiger partial charge in [-0.3, -0.25) is 9.69 Å². The minimum absolute atomic E-state index is 0.0254. The molecule has 0 radical (unpaired) electrons. The van der Waals surface area contributed by atoms with E-state index in [9.17, 15) is 4.79 Å². The maximum atomic E-state index is 11.0. The fraction of sp³-hybridized carbons (Fsp3) is 0.556. The van der Waals surface area contributed by atoms with Crippen LogP contribution in [-0.4, -0.2) is 17.9 Å². The highest BCUT2D eigenvalue weighted by Crippen LogP contribution is 2.19. The Bertz CT molecular complexity index is 296. The second kappa shape index (κ2) is 4.37. The molecule has 4 heteroatoms. The van der Waals surface area contributed by atoms with Gasteiger partial charge in [0.1, 0.15) is 0 Å². The van der Waals surface area contributed by atoms with Gasteiger partial charge in [-0.15, -0.1) is 11.3 Å². The van der Waals surface area contributed by atoms with E-state index in [1.807, 2.05) is 5.38 Å². The molecule has 0 saturated heterocycles. The number of aromatic nitrogens is 1. The van der Waals surface area contributed by atoms with Crippen molar-refractivity contribution in [1.82, 2.24) is 4.98 Å². The first-order valence-electron chi connectivity index (χ1n) is 4.33. The van der Waals surface area contributed by atoms with Crippen molar-refractivity contribution in [1.29, 1.82) is 0 Å². The summed E-state index contributed by atoms with van der Waals surface area (Å²) in [5.74, 6) is 0.0254. The van der Waals surface area contributed by atoms with Crippen molar-refractivity contribution in [2.24, 2.45) is 0 Å². The number of aryl methyl sites for hydroxylation is 1. The minimum Gasteiger partial charge on any atom is -0.292 e. The lowest BCUT2D eigenvalue weighted by atomic mass is 10.3. The third-order valence-corrected chi connectivity index (χ3v) is 2.77. The number of amides is 1. The van der Waals surface area contributed by atoms with Gasteiger partial charge in [0, 0.05) is 19.4 Å². The predicted molar refractivity (Wildman–Crippen MR) is 55.2 cm³/mol. The van der Waals surface area contributed by atoms with Crippen LogP contribution in [-0.2, 0) is 11.2 Å². The van der Waals surface area contributed by atoms with Crippen molar-refractivity contribution >= 4 is 22.4 Å². The van der Waals surface area contributed by atoms with Crippen LogP contribution < -0.4 is 4.90 Å². The maximum absolute atomic E-state index is 11.0. The van der Waals surface area contributed by atoms with E-state index in [1.165, 1.54) is 11.3 Å². The van der Waals surface area contributed by atoms with Crippen LogP contribution in [0.5, 0.6) is 0 Å². The molecule has 1 rings (SSSR count). The van der Waals surface area contributed by atoms with Crippen LogP contribution in [0.1, 0.15) is 26.0 Å². The van der Waals surface area contributed by atoms with Gasteiger partial charge in [0.15, 0.2) is 5.13 Å². The molecule has 1 heterocycles. The summed E-state index contributed by atoms with van der Waals surface area (Å²) in [4.78, 5) is 16.9. The Hall–Kier alpha value is -0.900. The van der Waals surface area contributed by atoms with Crippen molar-refractivity contribution < 1.29 is 4.79 Å². The summed E-state index contributed by atoms with van der Waals surface area (Å²) in [6.07, 6.45) is 2.08. The molecular formula is C9H14N2OS. The molecule has 0 atom stereocenters. The van der Waals surface area contributed by atoms with Gasteiger partial charge in [0.05, 0.1) is 5.69 Å². The van der Waals surface area contributed by atoms with Crippen LogP contribution in [0.15, 0.2) is 5.38 Å². The lowest BCUT2D eigenvalue weighted by molar-refractivity contribution is -0.116. The van der Waals surface area contributed by atoms with Crippen LogP contribution in [0.2, 0.25) is 0 Å². The molecule has 0 aliphatic heterocycles. The molecule has 3 nitrogen and oxygen atoms in total. The fourth-order valence-electron chi connectivity index (χ4n) is 0.956. The average molecular weight is 198 g/mol. The molecule has 0 aliphatic carbocycles. The smallest absolute Gasteiger partial charge is 0.225 e. The van der Waals surface area contributed by atoms with E-state index in [2.05, 4.69) is 11.9 Å². The third-order valence-electron chi connectivity index (χ3n) is 1.81. The number of rotatable bonds is 3. The summed E-state index contributed by atoms with van der Waals surface area (Å²) < 4.78 is 0. The van der Waals surface area contributed by atoms with Crippen molar-refractivity contribution in [3.05, 3.63) is 11.1 Å².